The summed E-state index contributed by atoms with van der Waals surface area (Å²) < 4.78 is 0.931. The summed E-state index contributed by atoms with van der Waals surface area (Å²) in [6.07, 6.45) is 1.14. The molecule has 0 fully saturated rings. The van der Waals surface area contributed by atoms with Gasteiger partial charge in [-0.2, -0.15) is 0 Å². The number of halogens is 1. The second kappa shape index (κ2) is 7.55. The Labute approximate surface area is 127 Å². The number of Topliss-reactive ketones (excluding diaryl/α,β-unsaturated/α-hetero) is 1. The molecule has 0 bridgehead atoms. The summed E-state index contributed by atoms with van der Waals surface area (Å²) >= 11 is 3.31. The lowest BCUT2D eigenvalue weighted by Gasteiger charge is -2.17. The highest BCUT2D eigenvalue weighted by Gasteiger charge is 2.14. The van der Waals surface area contributed by atoms with Crippen LogP contribution in [0, 0.1) is 0 Å². The quantitative estimate of drug-likeness (QED) is 0.749. The topological polar surface area (TPSA) is 66.4 Å². The van der Waals surface area contributed by atoms with E-state index in [4.69, 9.17) is 0 Å². The van der Waals surface area contributed by atoms with Crippen LogP contribution in [0.1, 0.15) is 43.5 Å². The summed E-state index contributed by atoms with van der Waals surface area (Å²) in [5.41, 5.74) is -0.256. The molecule has 20 heavy (non-hydrogen) atoms. The summed E-state index contributed by atoms with van der Waals surface area (Å²) in [5.74, 6) is -0.108. The van der Waals surface area contributed by atoms with Crippen LogP contribution in [0.15, 0.2) is 28.7 Å². The third-order valence-corrected chi connectivity index (χ3v) is 3.22. The fraction of sp³-hybridized carbons (Fsp3) is 0.467. The van der Waals surface area contributed by atoms with Gasteiger partial charge in [-0.05, 0) is 32.4 Å². The van der Waals surface area contributed by atoms with Gasteiger partial charge in [-0.1, -0.05) is 28.1 Å². The normalized spacial score (nSPS) is 11.2. The summed E-state index contributed by atoms with van der Waals surface area (Å²) in [6, 6.07) is 7.17. The maximum Gasteiger partial charge on any atom is 0.220 e. The van der Waals surface area contributed by atoms with Crippen molar-refractivity contribution >= 4 is 27.6 Å². The molecule has 110 valence electrons. The standard InChI is InChI=1S/C15H20BrNO3/c1-15(2,20)10-17-14(19)5-3-4-13(18)11-6-8-12(16)9-7-11/h6-9,20H,3-5,10H2,1-2H3,(H,17,19). The minimum atomic E-state index is -0.914. The minimum absolute atomic E-state index is 0.0350. The van der Waals surface area contributed by atoms with Gasteiger partial charge >= 0.3 is 0 Å². The smallest absolute Gasteiger partial charge is 0.220 e. The number of carbonyl (C=O) groups is 2. The molecule has 0 radical (unpaired) electrons. The number of hydrogen-bond donors (Lipinski definition) is 2. The molecule has 0 aliphatic carbocycles. The molecule has 1 rings (SSSR count). The van der Waals surface area contributed by atoms with Crippen molar-refractivity contribution in [1.82, 2.24) is 5.32 Å². The number of nitrogens with one attached hydrogen (secondary N) is 1. The number of rotatable bonds is 7. The third kappa shape index (κ3) is 6.82. The van der Waals surface area contributed by atoms with E-state index in [2.05, 4.69) is 21.2 Å². The number of ketones is 1. The summed E-state index contributed by atoms with van der Waals surface area (Å²) in [5, 5.41) is 12.1. The van der Waals surface area contributed by atoms with Gasteiger partial charge in [-0.3, -0.25) is 9.59 Å². The second-order valence-corrected chi connectivity index (χ2v) is 6.29. The van der Waals surface area contributed by atoms with Gasteiger partial charge in [0.1, 0.15) is 0 Å². The Morgan fingerprint density at radius 3 is 2.35 bits per heavy atom. The lowest BCUT2D eigenvalue weighted by molar-refractivity contribution is -0.122. The molecule has 0 aromatic heterocycles. The average Bonchev–Trinajstić information content (AvgIpc) is 2.36. The molecule has 0 aliphatic heterocycles. The Balaban J connectivity index is 2.28. The number of aliphatic hydroxyl groups is 1. The van der Waals surface area contributed by atoms with E-state index >= 15 is 0 Å². The molecule has 4 nitrogen and oxygen atoms in total. The summed E-state index contributed by atoms with van der Waals surface area (Å²) in [4.78, 5) is 23.4. The van der Waals surface area contributed by atoms with E-state index in [0.29, 0.717) is 24.8 Å². The highest BCUT2D eigenvalue weighted by molar-refractivity contribution is 9.10. The highest BCUT2D eigenvalue weighted by atomic mass is 79.9. The van der Waals surface area contributed by atoms with Crippen LogP contribution in [0.2, 0.25) is 0 Å². The van der Waals surface area contributed by atoms with Crippen molar-refractivity contribution in [3.63, 3.8) is 0 Å². The first-order valence-electron chi connectivity index (χ1n) is 6.56. The molecule has 0 heterocycles. The first-order valence-corrected chi connectivity index (χ1v) is 7.35. The Bertz CT molecular complexity index is 463. The van der Waals surface area contributed by atoms with Crippen LogP contribution in [0.5, 0.6) is 0 Å². The van der Waals surface area contributed by atoms with E-state index in [0.717, 1.165) is 4.47 Å². The molecule has 0 spiro atoms. The van der Waals surface area contributed by atoms with Crippen molar-refractivity contribution in [2.24, 2.45) is 0 Å². The SMILES string of the molecule is CC(C)(O)CNC(=O)CCCC(=O)c1ccc(Br)cc1. The van der Waals surface area contributed by atoms with E-state index in [1.54, 1.807) is 26.0 Å². The van der Waals surface area contributed by atoms with Gasteiger partial charge in [-0.25, -0.2) is 0 Å². The van der Waals surface area contributed by atoms with Crippen molar-refractivity contribution in [2.45, 2.75) is 38.7 Å². The molecule has 2 N–H and O–H groups in total. The molecule has 5 heteroatoms. The van der Waals surface area contributed by atoms with Crippen molar-refractivity contribution in [3.05, 3.63) is 34.3 Å². The Morgan fingerprint density at radius 2 is 1.80 bits per heavy atom. The van der Waals surface area contributed by atoms with E-state index in [1.165, 1.54) is 0 Å². The molecule has 0 saturated heterocycles. The zero-order valence-electron chi connectivity index (χ0n) is 11.8. The first-order chi connectivity index (χ1) is 9.28. The largest absolute Gasteiger partial charge is 0.389 e. The average molecular weight is 342 g/mol. The number of amides is 1. The van der Waals surface area contributed by atoms with Crippen molar-refractivity contribution in [3.8, 4) is 0 Å². The fourth-order valence-corrected chi connectivity index (χ4v) is 1.86. The molecule has 1 aromatic carbocycles. The number of carbonyl (C=O) groups excluding carboxylic acids is 2. The maximum atomic E-state index is 11.9. The molecular weight excluding hydrogens is 322 g/mol. The van der Waals surface area contributed by atoms with Crippen LogP contribution in [-0.2, 0) is 4.79 Å². The van der Waals surface area contributed by atoms with Crippen molar-refractivity contribution in [1.29, 1.82) is 0 Å². The molecule has 1 amide bonds. The summed E-state index contributed by atoms with van der Waals surface area (Å²) in [6.45, 7) is 3.47. The van der Waals surface area contributed by atoms with Crippen LogP contribution >= 0.6 is 15.9 Å². The van der Waals surface area contributed by atoms with Gasteiger partial charge in [0.05, 0.1) is 5.60 Å². The molecule has 0 atom stereocenters. The molecule has 0 aliphatic rings. The van der Waals surface area contributed by atoms with Crippen molar-refractivity contribution < 1.29 is 14.7 Å². The van der Waals surface area contributed by atoms with E-state index in [-0.39, 0.29) is 18.2 Å². The van der Waals surface area contributed by atoms with Gasteiger partial charge in [-0.15, -0.1) is 0 Å². The van der Waals surface area contributed by atoms with Gasteiger partial charge in [0.25, 0.3) is 0 Å². The van der Waals surface area contributed by atoms with Crippen LogP contribution in [0.4, 0.5) is 0 Å². The zero-order valence-corrected chi connectivity index (χ0v) is 13.4. The van der Waals surface area contributed by atoms with E-state index in [9.17, 15) is 14.7 Å². The van der Waals surface area contributed by atoms with Gasteiger partial charge in [0.2, 0.25) is 5.91 Å². The van der Waals surface area contributed by atoms with Crippen LogP contribution in [0.3, 0.4) is 0 Å². The van der Waals surface area contributed by atoms with E-state index < -0.39 is 5.60 Å². The number of benzene rings is 1. The predicted octanol–water partition coefficient (Wildman–Crippen LogP) is 2.69. The van der Waals surface area contributed by atoms with E-state index in [1.807, 2.05) is 12.1 Å². The predicted molar refractivity (Wildman–Crippen MR) is 81.6 cm³/mol. The van der Waals surface area contributed by atoms with Crippen LogP contribution in [0.25, 0.3) is 0 Å². The van der Waals surface area contributed by atoms with Gasteiger partial charge in [0, 0.05) is 29.4 Å². The highest BCUT2D eigenvalue weighted by Crippen LogP contribution is 2.13. The molecule has 0 unspecified atom stereocenters. The summed E-state index contributed by atoms with van der Waals surface area (Å²) in [7, 11) is 0. The van der Waals surface area contributed by atoms with Gasteiger partial charge < -0.3 is 10.4 Å². The van der Waals surface area contributed by atoms with Gasteiger partial charge in [0.15, 0.2) is 5.78 Å². The Kier molecular flexibility index (Phi) is 6.36. The second-order valence-electron chi connectivity index (χ2n) is 5.37. The minimum Gasteiger partial charge on any atom is -0.389 e. The lowest BCUT2D eigenvalue weighted by atomic mass is 10.1. The zero-order chi connectivity index (χ0) is 15.2. The Hall–Kier alpha value is -1.20. The third-order valence-electron chi connectivity index (χ3n) is 2.69. The monoisotopic (exact) mass is 341 g/mol. The van der Waals surface area contributed by atoms with Crippen LogP contribution < -0.4 is 5.32 Å². The number of hydrogen-bond acceptors (Lipinski definition) is 3. The molecule has 0 saturated carbocycles. The van der Waals surface area contributed by atoms with Crippen LogP contribution in [-0.4, -0.2) is 28.9 Å². The maximum absolute atomic E-state index is 11.9. The Morgan fingerprint density at radius 1 is 1.20 bits per heavy atom. The van der Waals surface area contributed by atoms with Crippen molar-refractivity contribution in [2.75, 3.05) is 6.54 Å². The molecular formula is C15H20BrNO3. The lowest BCUT2D eigenvalue weighted by Crippen LogP contribution is -2.38. The first kappa shape index (κ1) is 16.9. The molecule has 1 aromatic rings. The fourth-order valence-electron chi connectivity index (χ4n) is 1.59.